The molecule has 1 fully saturated rings. The summed E-state index contributed by atoms with van der Waals surface area (Å²) < 4.78 is 5.25. The van der Waals surface area contributed by atoms with E-state index in [2.05, 4.69) is 10.6 Å². The van der Waals surface area contributed by atoms with E-state index >= 15 is 0 Å². The van der Waals surface area contributed by atoms with Crippen LogP contribution >= 0.6 is 11.3 Å². The predicted molar refractivity (Wildman–Crippen MR) is 151 cm³/mol. The van der Waals surface area contributed by atoms with Crippen molar-refractivity contribution in [3.63, 3.8) is 0 Å². The molecule has 4 rings (SSSR count). The maximum atomic E-state index is 13.9. The van der Waals surface area contributed by atoms with Crippen LogP contribution in [0.4, 0.5) is 16.2 Å². The SMILES string of the molecule is COc1ccc(-c2cc(NC(=O)Nc3c(C)cc(C)cc3C)c(C(=O)N3CCCC[C@@]3(C)C(=O)O)s2)cc1. The molecule has 1 aliphatic heterocycles. The van der Waals surface area contributed by atoms with Gasteiger partial charge < -0.3 is 25.4 Å². The van der Waals surface area contributed by atoms with Crippen LogP contribution in [0.2, 0.25) is 0 Å². The number of anilines is 2. The molecular formula is C29H33N3O5S. The number of benzene rings is 2. The largest absolute Gasteiger partial charge is 0.497 e. The number of aryl methyl sites for hydroxylation is 3. The smallest absolute Gasteiger partial charge is 0.329 e. The molecule has 1 aromatic heterocycles. The first-order valence-corrected chi connectivity index (χ1v) is 13.3. The molecule has 0 aliphatic carbocycles. The number of likely N-dealkylation sites (tertiary alicyclic amines) is 1. The molecule has 1 aliphatic rings. The van der Waals surface area contributed by atoms with Crippen LogP contribution in [0.15, 0.2) is 42.5 Å². The Bertz CT molecular complexity index is 1360. The van der Waals surface area contributed by atoms with E-state index in [0.29, 0.717) is 30.1 Å². The average Bonchev–Trinajstić information content (AvgIpc) is 3.29. The molecule has 2 aromatic carbocycles. The quantitative estimate of drug-likeness (QED) is 0.336. The zero-order chi connectivity index (χ0) is 27.6. The minimum Gasteiger partial charge on any atom is -0.497 e. The van der Waals surface area contributed by atoms with Crippen LogP contribution in [-0.4, -0.2) is 47.1 Å². The molecule has 1 saturated heterocycles. The molecule has 3 amide bonds. The zero-order valence-corrected chi connectivity index (χ0v) is 23.1. The lowest BCUT2D eigenvalue weighted by atomic mass is 9.88. The molecule has 0 saturated carbocycles. The van der Waals surface area contributed by atoms with E-state index < -0.39 is 23.4 Å². The molecule has 200 valence electrons. The Morgan fingerprint density at radius 3 is 2.26 bits per heavy atom. The molecule has 3 N–H and O–H groups in total. The Labute approximate surface area is 226 Å². The molecule has 1 atom stereocenters. The van der Waals surface area contributed by atoms with Crippen molar-refractivity contribution >= 4 is 40.6 Å². The summed E-state index contributed by atoms with van der Waals surface area (Å²) in [5.74, 6) is -0.735. The third-order valence-electron chi connectivity index (χ3n) is 7.06. The zero-order valence-electron chi connectivity index (χ0n) is 22.3. The van der Waals surface area contributed by atoms with Crippen molar-refractivity contribution in [3.05, 3.63) is 64.0 Å². The highest BCUT2D eigenvalue weighted by atomic mass is 32.1. The fourth-order valence-electron chi connectivity index (χ4n) is 4.98. The van der Waals surface area contributed by atoms with Gasteiger partial charge in [0, 0.05) is 17.1 Å². The number of thiophene rings is 1. The second-order valence-corrected chi connectivity index (χ2v) is 11.0. The number of carboxylic acids is 1. The minimum atomic E-state index is -1.31. The second kappa shape index (κ2) is 10.9. The van der Waals surface area contributed by atoms with Gasteiger partial charge in [0.15, 0.2) is 0 Å². The van der Waals surface area contributed by atoms with Crippen molar-refractivity contribution in [2.45, 2.75) is 52.5 Å². The van der Waals surface area contributed by atoms with Crippen LogP contribution in [0, 0.1) is 20.8 Å². The van der Waals surface area contributed by atoms with E-state index in [1.54, 1.807) is 20.1 Å². The highest BCUT2D eigenvalue weighted by Crippen LogP contribution is 2.39. The number of hydrogen-bond donors (Lipinski definition) is 3. The molecule has 0 spiro atoms. The fourth-order valence-corrected chi connectivity index (χ4v) is 6.04. The number of nitrogens with one attached hydrogen (secondary N) is 2. The number of carbonyl (C=O) groups excluding carboxylic acids is 2. The van der Waals surface area contributed by atoms with Crippen molar-refractivity contribution in [1.82, 2.24) is 4.90 Å². The highest BCUT2D eigenvalue weighted by molar-refractivity contribution is 7.18. The number of aliphatic carboxylic acids is 1. The lowest BCUT2D eigenvalue weighted by molar-refractivity contribution is -0.150. The Morgan fingerprint density at radius 1 is 1.00 bits per heavy atom. The van der Waals surface area contributed by atoms with E-state index in [4.69, 9.17) is 4.74 Å². The lowest BCUT2D eigenvalue weighted by Gasteiger charge is -2.41. The van der Waals surface area contributed by atoms with Gasteiger partial charge >= 0.3 is 12.0 Å². The maximum absolute atomic E-state index is 13.9. The molecular weight excluding hydrogens is 502 g/mol. The van der Waals surface area contributed by atoms with Gasteiger partial charge in [-0.15, -0.1) is 11.3 Å². The van der Waals surface area contributed by atoms with Gasteiger partial charge in [0.1, 0.15) is 16.2 Å². The van der Waals surface area contributed by atoms with E-state index in [0.717, 1.165) is 40.0 Å². The Morgan fingerprint density at radius 2 is 1.66 bits per heavy atom. The van der Waals surface area contributed by atoms with Crippen LogP contribution in [0.1, 0.15) is 52.5 Å². The summed E-state index contributed by atoms with van der Waals surface area (Å²) in [4.78, 5) is 41.7. The second-order valence-electron chi connectivity index (χ2n) is 9.93. The van der Waals surface area contributed by atoms with Crippen LogP contribution in [-0.2, 0) is 4.79 Å². The first-order valence-electron chi connectivity index (χ1n) is 12.5. The predicted octanol–water partition coefficient (Wildman–Crippen LogP) is 6.46. The first kappa shape index (κ1) is 27.2. The number of carboxylic acid groups (broad SMARTS) is 1. The number of hydrogen-bond acceptors (Lipinski definition) is 5. The van der Waals surface area contributed by atoms with E-state index in [-0.39, 0.29) is 4.88 Å². The van der Waals surface area contributed by atoms with Crippen molar-refractivity contribution < 1.29 is 24.2 Å². The van der Waals surface area contributed by atoms with Gasteiger partial charge in [0.25, 0.3) is 5.91 Å². The maximum Gasteiger partial charge on any atom is 0.329 e. The Hall–Kier alpha value is -3.85. The number of nitrogens with zero attached hydrogens (tertiary/aromatic N) is 1. The van der Waals surface area contributed by atoms with Gasteiger partial charge in [-0.1, -0.05) is 17.7 Å². The minimum absolute atomic E-state index is 0.290. The van der Waals surface area contributed by atoms with E-state index in [1.165, 1.54) is 16.2 Å². The topological polar surface area (TPSA) is 108 Å². The van der Waals surface area contributed by atoms with Gasteiger partial charge in [-0.3, -0.25) is 4.79 Å². The number of ether oxygens (including phenoxy) is 1. The summed E-state index contributed by atoms with van der Waals surface area (Å²) in [5.41, 5.74) is 3.56. The molecule has 0 bridgehead atoms. The van der Waals surface area contributed by atoms with E-state index in [1.807, 2.05) is 57.2 Å². The summed E-state index contributed by atoms with van der Waals surface area (Å²) >= 11 is 1.23. The lowest BCUT2D eigenvalue weighted by Crippen LogP contribution is -2.57. The number of methoxy groups -OCH3 is 1. The molecule has 9 heteroatoms. The van der Waals surface area contributed by atoms with Gasteiger partial charge in [0.05, 0.1) is 12.8 Å². The number of urea groups is 1. The summed E-state index contributed by atoms with van der Waals surface area (Å²) in [5, 5.41) is 15.7. The first-order chi connectivity index (χ1) is 18.0. The summed E-state index contributed by atoms with van der Waals surface area (Å²) in [6, 6.07) is 12.7. The summed E-state index contributed by atoms with van der Waals surface area (Å²) in [6.07, 6.45) is 1.83. The van der Waals surface area contributed by atoms with Crippen molar-refractivity contribution in [3.8, 4) is 16.2 Å². The van der Waals surface area contributed by atoms with Crippen molar-refractivity contribution in [2.75, 3.05) is 24.3 Å². The van der Waals surface area contributed by atoms with Crippen LogP contribution in [0.5, 0.6) is 5.75 Å². The highest BCUT2D eigenvalue weighted by Gasteiger charge is 2.45. The number of carbonyl (C=O) groups is 3. The number of amides is 3. The van der Waals surface area contributed by atoms with Crippen LogP contribution < -0.4 is 15.4 Å². The van der Waals surface area contributed by atoms with Crippen molar-refractivity contribution in [1.29, 1.82) is 0 Å². The Balaban J connectivity index is 1.70. The molecule has 2 heterocycles. The standard InChI is InChI=1S/C29H33N3O5S/c1-17-14-18(2)24(19(3)15-17)31-28(36)30-22-16-23(20-8-10-21(37-5)11-9-20)38-25(22)26(33)32-13-7-6-12-29(32,4)27(34)35/h8-11,14-16H,6-7,12-13H2,1-5H3,(H,34,35)(H2,30,31,36)/t29-/m0/s1. The third-order valence-corrected chi connectivity index (χ3v) is 8.23. The van der Waals surface area contributed by atoms with Crippen LogP contribution in [0.25, 0.3) is 10.4 Å². The summed E-state index contributed by atoms with van der Waals surface area (Å²) in [6.45, 7) is 7.79. The van der Waals surface area contributed by atoms with Gasteiger partial charge in [0.2, 0.25) is 0 Å². The molecule has 0 unspecified atom stereocenters. The van der Waals surface area contributed by atoms with Gasteiger partial charge in [-0.2, -0.15) is 0 Å². The number of piperidine rings is 1. The average molecular weight is 536 g/mol. The Kier molecular flexibility index (Phi) is 7.78. The van der Waals surface area contributed by atoms with Crippen LogP contribution in [0.3, 0.4) is 0 Å². The monoisotopic (exact) mass is 535 g/mol. The summed E-state index contributed by atoms with van der Waals surface area (Å²) in [7, 11) is 1.59. The molecule has 3 aromatic rings. The van der Waals surface area contributed by atoms with E-state index in [9.17, 15) is 19.5 Å². The van der Waals surface area contributed by atoms with Gasteiger partial charge in [-0.05, 0) is 94.0 Å². The fraction of sp³-hybridized carbons (Fsp3) is 0.345. The molecule has 0 radical (unpaired) electrons. The normalized spacial score (nSPS) is 17.1. The molecule has 38 heavy (non-hydrogen) atoms. The molecule has 8 nitrogen and oxygen atoms in total. The van der Waals surface area contributed by atoms with Gasteiger partial charge in [-0.25, -0.2) is 9.59 Å². The number of rotatable bonds is 6. The third kappa shape index (κ3) is 5.38. The van der Waals surface area contributed by atoms with Crippen molar-refractivity contribution in [2.24, 2.45) is 0 Å².